The van der Waals surface area contributed by atoms with Gasteiger partial charge >= 0.3 is 0 Å². The van der Waals surface area contributed by atoms with Crippen LogP contribution in [-0.4, -0.2) is 28.9 Å². The maximum absolute atomic E-state index is 11.1. The van der Waals surface area contributed by atoms with Crippen molar-refractivity contribution in [3.05, 3.63) is 41.6 Å². The third-order valence-corrected chi connectivity index (χ3v) is 3.56. The summed E-state index contributed by atoms with van der Waals surface area (Å²) in [5.74, 6) is 0.402. The number of pyridine rings is 1. The molecule has 1 aliphatic heterocycles. The second-order valence-corrected chi connectivity index (χ2v) is 5.37. The van der Waals surface area contributed by atoms with Crippen molar-refractivity contribution in [1.82, 2.24) is 9.88 Å². The van der Waals surface area contributed by atoms with Crippen LogP contribution in [0.3, 0.4) is 0 Å². The molecule has 4 nitrogen and oxygen atoms in total. The van der Waals surface area contributed by atoms with Gasteiger partial charge in [-0.15, -0.1) is 0 Å². The van der Waals surface area contributed by atoms with Crippen LogP contribution < -0.4 is 5.73 Å². The van der Waals surface area contributed by atoms with Gasteiger partial charge in [-0.1, -0.05) is 13.0 Å². The topological polar surface area (TPSA) is 59.2 Å². The summed E-state index contributed by atoms with van der Waals surface area (Å²) in [6, 6.07) is 9.41. The molecule has 2 aromatic rings. The highest BCUT2D eigenvalue weighted by Gasteiger charge is 2.22. The molecule has 0 radical (unpaired) electrons. The number of carbonyl (C=O) groups is 1. The normalized spacial score (nSPS) is 16.5. The van der Waals surface area contributed by atoms with Crippen molar-refractivity contribution < 1.29 is 4.79 Å². The van der Waals surface area contributed by atoms with Crippen LogP contribution in [0.1, 0.15) is 23.0 Å². The summed E-state index contributed by atoms with van der Waals surface area (Å²) < 4.78 is 0. The van der Waals surface area contributed by atoms with Crippen LogP contribution in [0, 0.1) is 5.92 Å². The summed E-state index contributed by atoms with van der Waals surface area (Å²) in [4.78, 5) is 18.1. The predicted octanol–water partition coefficient (Wildman–Crippen LogP) is 1.79. The molecule has 1 fully saturated rings. The first kappa shape index (κ1) is 12.1. The van der Waals surface area contributed by atoms with Crippen LogP contribution in [0.2, 0.25) is 0 Å². The molecule has 0 atom stereocenters. The van der Waals surface area contributed by atoms with Crippen LogP contribution in [0.4, 0.5) is 0 Å². The number of fused-ring (bicyclic) bond motifs is 1. The molecule has 98 valence electrons. The van der Waals surface area contributed by atoms with E-state index in [0.29, 0.717) is 5.56 Å². The van der Waals surface area contributed by atoms with Crippen molar-refractivity contribution in [3.8, 4) is 0 Å². The Morgan fingerprint density at radius 2 is 2.16 bits per heavy atom. The summed E-state index contributed by atoms with van der Waals surface area (Å²) >= 11 is 0. The Morgan fingerprint density at radius 3 is 2.84 bits per heavy atom. The average Bonchev–Trinajstić information content (AvgIpc) is 2.36. The van der Waals surface area contributed by atoms with Crippen molar-refractivity contribution in [2.75, 3.05) is 13.1 Å². The van der Waals surface area contributed by atoms with Gasteiger partial charge in [0.2, 0.25) is 5.91 Å². The number of aromatic nitrogens is 1. The van der Waals surface area contributed by atoms with E-state index in [-0.39, 0.29) is 0 Å². The van der Waals surface area contributed by atoms with E-state index in [0.717, 1.165) is 42.1 Å². The number of nitrogens with zero attached hydrogens (tertiary/aromatic N) is 2. The predicted molar refractivity (Wildman–Crippen MR) is 74.7 cm³/mol. The molecule has 0 aliphatic carbocycles. The van der Waals surface area contributed by atoms with Crippen molar-refractivity contribution >= 4 is 16.8 Å². The molecule has 0 saturated carbocycles. The third kappa shape index (κ3) is 2.44. The summed E-state index contributed by atoms with van der Waals surface area (Å²) in [5.41, 5.74) is 7.79. The summed E-state index contributed by atoms with van der Waals surface area (Å²) in [7, 11) is 0. The van der Waals surface area contributed by atoms with Gasteiger partial charge in [-0.25, -0.2) is 0 Å². The molecule has 19 heavy (non-hydrogen) atoms. The Kier molecular flexibility index (Phi) is 2.95. The van der Waals surface area contributed by atoms with E-state index in [4.69, 9.17) is 5.73 Å². The molecule has 0 spiro atoms. The molecule has 3 rings (SSSR count). The van der Waals surface area contributed by atoms with Gasteiger partial charge in [0.25, 0.3) is 0 Å². The molecule has 1 aromatic carbocycles. The highest BCUT2D eigenvalue weighted by atomic mass is 16.1. The van der Waals surface area contributed by atoms with Gasteiger partial charge in [0.15, 0.2) is 0 Å². The Labute approximate surface area is 112 Å². The largest absolute Gasteiger partial charge is 0.366 e. The molecular formula is C15H17N3O. The monoisotopic (exact) mass is 255 g/mol. The second-order valence-electron chi connectivity index (χ2n) is 5.37. The lowest BCUT2D eigenvalue weighted by Crippen LogP contribution is -2.44. The molecular weight excluding hydrogens is 238 g/mol. The number of likely N-dealkylation sites (tertiary alicyclic amines) is 1. The zero-order valence-corrected chi connectivity index (χ0v) is 11.0. The summed E-state index contributed by atoms with van der Waals surface area (Å²) in [5, 5.41) is 0.956. The number of amides is 1. The fraction of sp³-hybridized carbons (Fsp3) is 0.333. The summed E-state index contributed by atoms with van der Waals surface area (Å²) in [6.07, 6.45) is 0. The van der Waals surface area contributed by atoms with Gasteiger partial charge in [0.05, 0.1) is 11.2 Å². The number of carbonyl (C=O) groups excluding carboxylic acids is 1. The minimum Gasteiger partial charge on any atom is -0.366 e. The average molecular weight is 255 g/mol. The molecule has 0 unspecified atom stereocenters. The van der Waals surface area contributed by atoms with E-state index < -0.39 is 5.91 Å². The number of benzene rings is 1. The molecule has 1 saturated heterocycles. The van der Waals surface area contributed by atoms with Gasteiger partial charge in [-0.05, 0) is 30.2 Å². The van der Waals surface area contributed by atoms with E-state index in [1.165, 1.54) is 0 Å². The molecule has 1 aliphatic rings. The van der Waals surface area contributed by atoms with Crippen LogP contribution in [0.5, 0.6) is 0 Å². The lowest BCUT2D eigenvalue weighted by atomic mass is 10.0. The van der Waals surface area contributed by atoms with E-state index in [2.05, 4.69) is 16.8 Å². The van der Waals surface area contributed by atoms with Gasteiger partial charge in [0, 0.05) is 30.6 Å². The summed E-state index contributed by atoms with van der Waals surface area (Å²) in [6.45, 7) is 5.47. The molecule has 2 heterocycles. The number of hydrogen-bond donors (Lipinski definition) is 1. The first-order chi connectivity index (χ1) is 9.11. The lowest BCUT2D eigenvalue weighted by molar-refractivity contribution is 0.100. The van der Waals surface area contributed by atoms with Crippen LogP contribution in [0.15, 0.2) is 30.3 Å². The fourth-order valence-electron chi connectivity index (χ4n) is 2.60. The fourth-order valence-corrected chi connectivity index (χ4v) is 2.60. The molecule has 2 N–H and O–H groups in total. The first-order valence-corrected chi connectivity index (χ1v) is 6.53. The number of rotatable bonds is 3. The maximum Gasteiger partial charge on any atom is 0.248 e. The van der Waals surface area contributed by atoms with Crippen LogP contribution in [0.25, 0.3) is 10.9 Å². The zero-order valence-electron chi connectivity index (χ0n) is 11.0. The van der Waals surface area contributed by atoms with E-state index in [1.807, 2.05) is 18.2 Å². The highest BCUT2D eigenvalue weighted by Crippen LogP contribution is 2.19. The molecule has 1 amide bonds. The van der Waals surface area contributed by atoms with Crippen molar-refractivity contribution in [2.45, 2.75) is 13.5 Å². The standard InChI is InChI=1S/C15H17N3O/c1-10-7-18(8-10)9-13-4-2-11-6-12(15(16)19)3-5-14(11)17-13/h2-6,10H,7-9H2,1H3,(H2,16,19). The minimum atomic E-state index is -0.402. The SMILES string of the molecule is CC1CN(Cc2ccc3cc(C(N)=O)ccc3n2)C1. The Bertz CT molecular complexity index is 632. The quantitative estimate of drug-likeness (QED) is 0.909. The molecule has 0 bridgehead atoms. The first-order valence-electron chi connectivity index (χ1n) is 6.53. The number of primary amides is 1. The van der Waals surface area contributed by atoms with Crippen molar-refractivity contribution in [2.24, 2.45) is 11.7 Å². The zero-order chi connectivity index (χ0) is 13.4. The highest BCUT2D eigenvalue weighted by molar-refractivity contribution is 5.96. The number of hydrogen-bond acceptors (Lipinski definition) is 3. The molecule has 4 heteroatoms. The Hall–Kier alpha value is -1.94. The van der Waals surface area contributed by atoms with Crippen molar-refractivity contribution in [3.63, 3.8) is 0 Å². The van der Waals surface area contributed by atoms with Gasteiger partial charge in [0.1, 0.15) is 0 Å². The Morgan fingerprint density at radius 1 is 1.37 bits per heavy atom. The van der Waals surface area contributed by atoms with Crippen LogP contribution in [-0.2, 0) is 6.54 Å². The van der Waals surface area contributed by atoms with Crippen LogP contribution >= 0.6 is 0 Å². The van der Waals surface area contributed by atoms with Gasteiger partial charge < -0.3 is 5.73 Å². The van der Waals surface area contributed by atoms with Crippen molar-refractivity contribution in [1.29, 1.82) is 0 Å². The smallest absolute Gasteiger partial charge is 0.248 e. The second kappa shape index (κ2) is 4.63. The molecule has 1 aromatic heterocycles. The van der Waals surface area contributed by atoms with E-state index >= 15 is 0 Å². The van der Waals surface area contributed by atoms with Gasteiger partial charge in [-0.2, -0.15) is 0 Å². The third-order valence-electron chi connectivity index (χ3n) is 3.56. The lowest BCUT2D eigenvalue weighted by Gasteiger charge is -2.36. The minimum absolute atomic E-state index is 0.402. The number of nitrogens with two attached hydrogens (primary N) is 1. The maximum atomic E-state index is 11.1. The van der Waals surface area contributed by atoms with E-state index in [1.54, 1.807) is 12.1 Å². The van der Waals surface area contributed by atoms with Gasteiger partial charge in [-0.3, -0.25) is 14.7 Å². The Balaban J connectivity index is 1.85. The van der Waals surface area contributed by atoms with E-state index in [9.17, 15) is 4.79 Å².